The van der Waals surface area contributed by atoms with Crippen LogP contribution in [0.2, 0.25) is 0 Å². The Morgan fingerprint density at radius 1 is 1.29 bits per heavy atom. The maximum atomic E-state index is 5.51. The fraction of sp³-hybridized carbons (Fsp3) is 0.727. The molecule has 1 aliphatic heterocycles. The van der Waals surface area contributed by atoms with E-state index in [0.29, 0.717) is 5.92 Å². The molecule has 0 bridgehead atoms. The van der Waals surface area contributed by atoms with Crippen LogP contribution in [0.1, 0.15) is 43.5 Å². The van der Waals surface area contributed by atoms with Crippen LogP contribution >= 0.6 is 0 Å². The predicted octanol–water partition coefficient (Wildman–Crippen LogP) is 2.82. The molecule has 2 heterocycles. The van der Waals surface area contributed by atoms with Crippen LogP contribution in [-0.4, -0.2) is 18.2 Å². The van der Waals surface area contributed by atoms with Gasteiger partial charge in [-0.25, -0.2) is 4.98 Å². The summed E-state index contributed by atoms with van der Waals surface area (Å²) in [6, 6.07) is 0. The fourth-order valence-corrected chi connectivity index (χ4v) is 1.40. The third-order valence-electron chi connectivity index (χ3n) is 2.32. The highest BCUT2D eigenvalue weighted by molar-refractivity contribution is 5.08. The molecular formula is C11H19NO2. The van der Waals surface area contributed by atoms with Crippen molar-refractivity contribution in [2.24, 2.45) is 0 Å². The van der Waals surface area contributed by atoms with E-state index in [1.54, 1.807) is 0 Å². The van der Waals surface area contributed by atoms with Crippen molar-refractivity contribution in [3.63, 3.8) is 0 Å². The van der Waals surface area contributed by atoms with Crippen LogP contribution in [0.4, 0.5) is 0 Å². The Hall–Kier alpha value is -0.830. The van der Waals surface area contributed by atoms with E-state index in [4.69, 9.17) is 9.15 Å². The molecule has 3 nitrogen and oxygen atoms in total. The van der Waals surface area contributed by atoms with Gasteiger partial charge in [0.25, 0.3) is 0 Å². The predicted molar refractivity (Wildman–Crippen MR) is 55.5 cm³/mol. The number of nitrogens with zero attached hydrogens (tertiary/aromatic N) is 1. The SMILES string of the molecule is CC.Cc1nc(C2CCOC2)oc1C. The number of aromatic nitrogens is 1. The highest BCUT2D eigenvalue weighted by Gasteiger charge is 2.22. The van der Waals surface area contributed by atoms with Gasteiger partial charge in [-0.1, -0.05) is 13.8 Å². The number of aryl methyl sites for hydroxylation is 2. The topological polar surface area (TPSA) is 35.3 Å². The average Bonchev–Trinajstić information content (AvgIpc) is 2.80. The lowest BCUT2D eigenvalue weighted by Crippen LogP contribution is -1.97. The standard InChI is InChI=1S/C9H13NO2.C2H6/c1-6-7(2)12-9(10-6)8-3-4-11-5-8;1-2/h8H,3-5H2,1-2H3;1-2H3. The summed E-state index contributed by atoms with van der Waals surface area (Å²) in [5.41, 5.74) is 0.997. The Balaban J connectivity index is 0.000000461. The number of oxazole rings is 1. The molecule has 0 spiro atoms. The Bertz CT molecular complexity index is 255. The Morgan fingerprint density at radius 2 is 2.00 bits per heavy atom. The second kappa shape index (κ2) is 5.15. The minimum absolute atomic E-state index is 0.386. The first kappa shape index (κ1) is 11.2. The van der Waals surface area contributed by atoms with Gasteiger partial charge in [-0.15, -0.1) is 0 Å². The van der Waals surface area contributed by atoms with Gasteiger partial charge in [0, 0.05) is 6.61 Å². The summed E-state index contributed by atoms with van der Waals surface area (Å²) in [7, 11) is 0. The molecule has 1 aromatic rings. The zero-order valence-corrected chi connectivity index (χ0v) is 9.46. The van der Waals surface area contributed by atoms with E-state index < -0.39 is 0 Å². The van der Waals surface area contributed by atoms with Gasteiger partial charge in [0.2, 0.25) is 0 Å². The summed E-state index contributed by atoms with van der Waals surface area (Å²) in [6.07, 6.45) is 1.04. The third-order valence-corrected chi connectivity index (χ3v) is 2.32. The first-order valence-electron chi connectivity index (χ1n) is 5.29. The normalized spacial score (nSPS) is 20.4. The van der Waals surface area contributed by atoms with Gasteiger partial charge in [-0.05, 0) is 20.3 Å². The fourth-order valence-electron chi connectivity index (χ4n) is 1.40. The van der Waals surface area contributed by atoms with Crippen molar-refractivity contribution in [1.82, 2.24) is 4.98 Å². The minimum atomic E-state index is 0.386. The smallest absolute Gasteiger partial charge is 0.200 e. The molecule has 1 saturated heterocycles. The molecule has 0 N–H and O–H groups in total. The molecule has 1 unspecified atom stereocenters. The molecule has 1 fully saturated rings. The molecule has 0 amide bonds. The second-order valence-corrected chi connectivity index (χ2v) is 3.25. The van der Waals surface area contributed by atoms with Crippen LogP contribution in [0.5, 0.6) is 0 Å². The Kier molecular flexibility index (Phi) is 4.14. The molecule has 1 aromatic heterocycles. The van der Waals surface area contributed by atoms with Crippen LogP contribution in [-0.2, 0) is 4.74 Å². The lowest BCUT2D eigenvalue weighted by Gasteiger charge is -1.98. The van der Waals surface area contributed by atoms with E-state index >= 15 is 0 Å². The van der Waals surface area contributed by atoms with Crippen molar-refractivity contribution in [1.29, 1.82) is 0 Å². The van der Waals surface area contributed by atoms with Gasteiger partial charge < -0.3 is 9.15 Å². The summed E-state index contributed by atoms with van der Waals surface area (Å²) < 4.78 is 10.8. The van der Waals surface area contributed by atoms with E-state index in [0.717, 1.165) is 37.0 Å². The molecule has 2 rings (SSSR count). The Labute approximate surface area is 85.5 Å². The summed E-state index contributed by atoms with van der Waals surface area (Å²) in [5, 5.41) is 0. The first-order chi connectivity index (χ1) is 6.77. The van der Waals surface area contributed by atoms with Crippen LogP contribution < -0.4 is 0 Å². The van der Waals surface area contributed by atoms with E-state index in [2.05, 4.69) is 4.98 Å². The summed E-state index contributed by atoms with van der Waals surface area (Å²) in [4.78, 5) is 4.35. The van der Waals surface area contributed by atoms with Gasteiger partial charge in [0.1, 0.15) is 5.76 Å². The van der Waals surface area contributed by atoms with Gasteiger partial charge in [0.05, 0.1) is 18.2 Å². The number of ether oxygens (including phenoxy) is 1. The molecule has 80 valence electrons. The lowest BCUT2D eigenvalue weighted by molar-refractivity contribution is 0.190. The van der Waals surface area contributed by atoms with Crippen LogP contribution in [0.25, 0.3) is 0 Å². The lowest BCUT2D eigenvalue weighted by atomic mass is 10.1. The second-order valence-electron chi connectivity index (χ2n) is 3.25. The van der Waals surface area contributed by atoms with Gasteiger partial charge in [0.15, 0.2) is 5.89 Å². The highest BCUT2D eigenvalue weighted by Crippen LogP contribution is 2.25. The van der Waals surface area contributed by atoms with E-state index in [-0.39, 0.29) is 0 Å². The monoisotopic (exact) mass is 197 g/mol. The molecule has 14 heavy (non-hydrogen) atoms. The Morgan fingerprint density at radius 3 is 2.43 bits per heavy atom. The molecule has 1 aliphatic rings. The van der Waals surface area contributed by atoms with Gasteiger partial charge in [-0.3, -0.25) is 0 Å². The van der Waals surface area contributed by atoms with Crippen molar-refractivity contribution >= 4 is 0 Å². The van der Waals surface area contributed by atoms with E-state index in [9.17, 15) is 0 Å². The molecule has 0 aliphatic carbocycles. The quantitative estimate of drug-likeness (QED) is 0.694. The van der Waals surface area contributed by atoms with Crippen molar-refractivity contribution in [3.05, 3.63) is 17.3 Å². The van der Waals surface area contributed by atoms with E-state index in [1.165, 1.54) is 0 Å². The van der Waals surface area contributed by atoms with Gasteiger partial charge >= 0.3 is 0 Å². The highest BCUT2D eigenvalue weighted by atomic mass is 16.5. The summed E-state index contributed by atoms with van der Waals surface area (Å²) in [5.74, 6) is 2.16. The largest absolute Gasteiger partial charge is 0.445 e. The van der Waals surface area contributed by atoms with Crippen molar-refractivity contribution in [2.45, 2.75) is 40.0 Å². The number of hydrogen-bond acceptors (Lipinski definition) is 3. The third kappa shape index (κ3) is 2.35. The maximum Gasteiger partial charge on any atom is 0.200 e. The zero-order chi connectivity index (χ0) is 10.6. The first-order valence-corrected chi connectivity index (χ1v) is 5.29. The average molecular weight is 197 g/mol. The number of hydrogen-bond donors (Lipinski definition) is 0. The summed E-state index contributed by atoms with van der Waals surface area (Å²) >= 11 is 0. The maximum absolute atomic E-state index is 5.51. The molecule has 1 atom stereocenters. The number of rotatable bonds is 1. The summed E-state index contributed by atoms with van der Waals surface area (Å²) in [6.45, 7) is 9.52. The molecular weight excluding hydrogens is 178 g/mol. The van der Waals surface area contributed by atoms with Crippen LogP contribution in [0.3, 0.4) is 0 Å². The van der Waals surface area contributed by atoms with Crippen molar-refractivity contribution in [2.75, 3.05) is 13.2 Å². The molecule has 0 radical (unpaired) electrons. The molecule has 0 aromatic carbocycles. The minimum Gasteiger partial charge on any atom is -0.445 e. The van der Waals surface area contributed by atoms with Crippen LogP contribution in [0, 0.1) is 13.8 Å². The van der Waals surface area contributed by atoms with Crippen molar-refractivity contribution in [3.8, 4) is 0 Å². The molecule has 0 saturated carbocycles. The van der Waals surface area contributed by atoms with Crippen molar-refractivity contribution < 1.29 is 9.15 Å². The molecule has 3 heteroatoms. The van der Waals surface area contributed by atoms with Gasteiger partial charge in [-0.2, -0.15) is 0 Å². The van der Waals surface area contributed by atoms with E-state index in [1.807, 2.05) is 27.7 Å². The van der Waals surface area contributed by atoms with Crippen LogP contribution in [0.15, 0.2) is 4.42 Å². The zero-order valence-electron chi connectivity index (χ0n) is 9.46.